The molecule has 2 saturated heterocycles. The summed E-state index contributed by atoms with van der Waals surface area (Å²) in [6, 6.07) is 11.0. The number of nitrogens with one attached hydrogen (secondary N) is 2. The highest BCUT2D eigenvalue weighted by atomic mass is 35.5. The molecule has 0 aliphatic carbocycles. The molecule has 1 aromatic rings. The zero-order chi connectivity index (χ0) is 16.2. The average Bonchev–Trinajstić information content (AvgIpc) is 2.91. The third kappa shape index (κ3) is 4.71. The first-order valence-corrected chi connectivity index (χ1v) is 8.44. The van der Waals surface area contributed by atoms with Gasteiger partial charge < -0.3 is 15.5 Å². The molecule has 2 amide bonds. The molecule has 0 radical (unpaired) electrons. The number of hydrogen-bond acceptors (Lipinski definition) is 3. The van der Waals surface area contributed by atoms with Crippen LogP contribution in [0.2, 0.25) is 0 Å². The Bertz CT molecular complexity index is 555. The number of hydrogen-bond donors (Lipinski definition) is 2. The highest BCUT2D eigenvalue weighted by molar-refractivity contribution is 5.86. The van der Waals surface area contributed by atoms with Crippen LogP contribution >= 0.6 is 12.4 Å². The van der Waals surface area contributed by atoms with Crippen molar-refractivity contribution in [2.75, 3.05) is 13.6 Å². The molecule has 5 nitrogen and oxygen atoms in total. The number of carbonyl (C=O) groups is 2. The van der Waals surface area contributed by atoms with Gasteiger partial charge in [0.25, 0.3) is 0 Å². The van der Waals surface area contributed by atoms with Gasteiger partial charge in [0.15, 0.2) is 0 Å². The van der Waals surface area contributed by atoms with Crippen molar-refractivity contribution < 1.29 is 9.59 Å². The first-order chi connectivity index (χ1) is 11.1. The lowest BCUT2D eigenvalue weighted by Gasteiger charge is -2.35. The summed E-state index contributed by atoms with van der Waals surface area (Å²) >= 11 is 0. The Balaban J connectivity index is 0.00000208. The van der Waals surface area contributed by atoms with Crippen molar-refractivity contribution in [3.05, 3.63) is 35.9 Å². The molecule has 2 aliphatic heterocycles. The summed E-state index contributed by atoms with van der Waals surface area (Å²) in [4.78, 5) is 26.1. The van der Waals surface area contributed by atoms with Crippen LogP contribution in [0, 0.1) is 0 Å². The second-order valence-corrected chi connectivity index (χ2v) is 6.71. The maximum absolute atomic E-state index is 12.3. The Morgan fingerprint density at radius 2 is 1.79 bits per heavy atom. The quantitative estimate of drug-likeness (QED) is 0.845. The van der Waals surface area contributed by atoms with Crippen molar-refractivity contribution in [3.63, 3.8) is 0 Å². The van der Waals surface area contributed by atoms with E-state index < -0.39 is 0 Å². The van der Waals surface area contributed by atoms with Gasteiger partial charge >= 0.3 is 0 Å². The van der Waals surface area contributed by atoms with Gasteiger partial charge in [0.1, 0.15) is 0 Å². The van der Waals surface area contributed by atoms with Crippen molar-refractivity contribution in [3.8, 4) is 0 Å². The van der Waals surface area contributed by atoms with Crippen molar-refractivity contribution >= 4 is 24.2 Å². The van der Waals surface area contributed by atoms with E-state index in [1.54, 1.807) is 0 Å². The SMILES string of the molecule is CN(C(=O)CNC(=O)Cc1ccccc1)C1CC2CCC(C1)N2.Cl. The van der Waals surface area contributed by atoms with E-state index in [2.05, 4.69) is 10.6 Å². The van der Waals surface area contributed by atoms with Gasteiger partial charge in [0.05, 0.1) is 13.0 Å². The molecule has 0 aromatic heterocycles. The van der Waals surface area contributed by atoms with Crippen LogP contribution in [0.15, 0.2) is 30.3 Å². The largest absolute Gasteiger partial charge is 0.347 e. The normalized spacial score (nSPS) is 24.8. The van der Waals surface area contributed by atoms with Crippen LogP contribution in [-0.4, -0.2) is 48.4 Å². The van der Waals surface area contributed by atoms with Crippen LogP contribution < -0.4 is 10.6 Å². The van der Waals surface area contributed by atoms with E-state index in [0.717, 1.165) is 18.4 Å². The van der Waals surface area contributed by atoms with Crippen LogP contribution in [0.3, 0.4) is 0 Å². The molecule has 2 heterocycles. The zero-order valence-electron chi connectivity index (χ0n) is 14.0. The molecule has 2 bridgehead atoms. The topological polar surface area (TPSA) is 61.4 Å². The maximum Gasteiger partial charge on any atom is 0.241 e. The summed E-state index contributed by atoms with van der Waals surface area (Å²) in [5.74, 6) is -0.110. The molecule has 2 atom stereocenters. The molecule has 3 rings (SSSR count). The standard InChI is InChI=1S/C18H25N3O2.ClH/c1-21(16-10-14-7-8-15(11-16)20-14)18(23)12-19-17(22)9-13-5-3-2-4-6-13;/h2-6,14-16,20H,7-12H2,1H3,(H,19,22);1H. The summed E-state index contributed by atoms with van der Waals surface area (Å²) in [6.45, 7) is 0.0848. The Labute approximate surface area is 149 Å². The monoisotopic (exact) mass is 351 g/mol. The van der Waals surface area contributed by atoms with E-state index in [1.165, 1.54) is 12.8 Å². The zero-order valence-corrected chi connectivity index (χ0v) is 14.8. The lowest BCUT2D eigenvalue weighted by Crippen LogP contribution is -2.50. The molecule has 132 valence electrons. The highest BCUT2D eigenvalue weighted by Gasteiger charge is 2.36. The van der Waals surface area contributed by atoms with Crippen LogP contribution in [-0.2, 0) is 16.0 Å². The molecule has 24 heavy (non-hydrogen) atoms. The van der Waals surface area contributed by atoms with Gasteiger partial charge in [-0.25, -0.2) is 0 Å². The van der Waals surface area contributed by atoms with Gasteiger partial charge in [0.2, 0.25) is 11.8 Å². The van der Waals surface area contributed by atoms with E-state index in [4.69, 9.17) is 0 Å². The number of rotatable bonds is 5. The minimum Gasteiger partial charge on any atom is -0.347 e. The molecule has 2 fully saturated rings. The minimum atomic E-state index is -0.108. The van der Waals surface area contributed by atoms with Crippen LogP contribution in [0.5, 0.6) is 0 Å². The smallest absolute Gasteiger partial charge is 0.241 e. The summed E-state index contributed by atoms with van der Waals surface area (Å²) in [6.07, 6.45) is 4.80. The van der Waals surface area contributed by atoms with Gasteiger partial charge in [-0.1, -0.05) is 30.3 Å². The van der Waals surface area contributed by atoms with E-state index in [-0.39, 0.29) is 30.8 Å². The van der Waals surface area contributed by atoms with Crippen molar-refractivity contribution in [2.24, 2.45) is 0 Å². The molecular formula is C18H26ClN3O2. The third-order valence-corrected chi connectivity index (χ3v) is 5.03. The summed E-state index contributed by atoms with van der Waals surface area (Å²) in [5.41, 5.74) is 0.959. The fraction of sp³-hybridized carbons (Fsp3) is 0.556. The molecule has 2 unspecified atom stereocenters. The number of carbonyl (C=O) groups excluding carboxylic acids is 2. The van der Waals surface area contributed by atoms with Crippen molar-refractivity contribution in [1.29, 1.82) is 0 Å². The van der Waals surface area contributed by atoms with Gasteiger partial charge in [0, 0.05) is 25.2 Å². The van der Waals surface area contributed by atoms with Gasteiger partial charge in [-0.05, 0) is 31.2 Å². The predicted octanol–water partition coefficient (Wildman–Crippen LogP) is 1.51. The summed E-state index contributed by atoms with van der Waals surface area (Å²) in [7, 11) is 1.86. The number of amides is 2. The number of fused-ring (bicyclic) bond motifs is 2. The van der Waals surface area contributed by atoms with Gasteiger partial charge in [-0.3, -0.25) is 9.59 Å². The third-order valence-electron chi connectivity index (χ3n) is 5.03. The van der Waals surface area contributed by atoms with E-state index in [1.807, 2.05) is 42.3 Å². The van der Waals surface area contributed by atoms with E-state index >= 15 is 0 Å². The summed E-state index contributed by atoms with van der Waals surface area (Å²) in [5, 5.41) is 6.33. The second kappa shape index (κ2) is 8.49. The van der Waals surface area contributed by atoms with Gasteiger partial charge in [-0.2, -0.15) is 0 Å². The van der Waals surface area contributed by atoms with Crippen LogP contribution in [0.25, 0.3) is 0 Å². The minimum absolute atomic E-state index is 0. The summed E-state index contributed by atoms with van der Waals surface area (Å²) < 4.78 is 0. The first kappa shape index (κ1) is 18.7. The Morgan fingerprint density at radius 3 is 2.42 bits per heavy atom. The Morgan fingerprint density at radius 1 is 1.17 bits per heavy atom. The Kier molecular flexibility index (Phi) is 6.63. The lowest BCUT2D eigenvalue weighted by molar-refractivity contribution is -0.134. The molecule has 0 saturated carbocycles. The van der Waals surface area contributed by atoms with E-state index in [9.17, 15) is 9.59 Å². The first-order valence-electron chi connectivity index (χ1n) is 8.44. The molecule has 1 aromatic carbocycles. The predicted molar refractivity (Wildman–Crippen MR) is 96.1 cm³/mol. The fourth-order valence-corrected chi connectivity index (χ4v) is 3.69. The number of piperidine rings is 1. The number of halogens is 1. The second-order valence-electron chi connectivity index (χ2n) is 6.71. The van der Waals surface area contributed by atoms with Crippen LogP contribution in [0.1, 0.15) is 31.2 Å². The molecular weight excluding hydrogens is 326 g/mol. The van der Waals surface area contributed by atoms with Crippen LogP contribution in [0.4, 0.5) is 0 Å². The van der Waals surface area contributed by atoms with Crippen molar-refractivity contribution in [1.82, 2.24) is 15.5 Å². The fourth-order valence-electron chi connectivity index (χ4n) is 3.69. The number of benzene rings is 1. The molecule has 6 heteroatoms. The van der Waals surface area contributed by atoms with E-state index in [0.29, 0.717) is 24.5 Å². The van der Waals surface area contributed by atoms with Crippen molar-refractivity contribution in [2.45, 2.75) is 50.2 Å². The average molecular weight is 352 g/mol. The molecule has 2 aliphatic rings. The Hall–Kier alpha value is -1.59. The van der Waals surface area contributed by atoms with Gasteiger partial charge in [-0.15, -0.1) is 12.4 Å². The number of nitrogens with zero attached hydrogens (tertiary/aromatic N) is 1. The number of likely N-dealkylation sites (N-methyl/N-ethyl adjacent to an activating group) is 1. The lowest BCUT2D eigenvalue weighted by atomic mass is 9.98. The molecule has 0 spiro atoms. The highest BCUT2D eigenvalue weighted by Crippen LogP contribution is 2.29. The molecule has 2 N–H and O–H groups in total. The maximum atomic E-state index is 12.3.